The predicted molar refractivity (Wildman–Crippen MR) is 196 cm³/mol. The van der Waals surface area contributed by atoms with E-state index < -0.39 is 24.3 Å². The van der Waals surface area contributed by atoms with E-state index in [9.17, 15) is 19.2 Å². The number of piperidine rings is 1. The van der Waals surface area contributed by atoms with Crippen LogP contribution in [-0.4, -0.2) is 97.2 Å². The normalized spacial score (nSPS) is 20.8. The van der Waals surface area contributed by atoms with Crippen molar-refractivity contribution in [2.24, 2.45) is 15.9 Å². The number of methoxy groups -OCH3 is 2. The fourth-order valence-corrected chi connectivity index (χ4v) is 7.24. The Hall–Kier alpha value is -5.26. The molecule has 2 aromatic rings. The van der Waals surface area contributed by atoms with Gasteiger partial charge in [-0.25, -0.2) is 9.59 Å². The number of allylic oxidation sites excluding steroid dienone is 2. The molecule has 2 aromatic carbocycles. The van der Waals surface area contributed by atoms with Crippen molar-refractivity contribution in [1.82, 2.24) is 20.4 Å². The zero-order chi connectivity index (χ0) is 36.1. The van der Waals surface area contributed by atoms with Crippen molar-refractivity contribution in [1.29, 1.82) is 0 Å². The molecule has 6 rings (SSSR count). The Morgan fingerprint density at radius 3 is 2.02 bits per heavy atom. The molecular formula is C39H46N6O6. The number of alkyl carbamates (subject to hydrolysis) is 2. The lowest BCUT2D eigenvalue weighted by Crippen LogP contribution is -2.53. The Morgan fingerprint density at radius 2 is 1.39 bits per heavy atom. The van der Waals surface area contributed by atoms with Crippen molar-refractivity contribution in [2.45, 2.75) is 70.5 Å². The third-order valence-electron chi connectivity index (χ3n) is 10.1. The smallest absolute Gasteiger partial charge is 0.407 e. The van der Waals surface area contributed by atoms with E-state index in [-0.39, 0.29) is 23.8 Å². The molecule has 0 bridgehead atoms. The summed E-state index contributed by atoms with van der Waals surface area (Å²) in [5.74, 6) is -0.279. The van der Waals surface area contributed by atoms with E-state index in [1.165, 1.54) is 14.2 Å². The van der Waals surface area contributed by atoms with Gasteiger partial charge in [-0.3, -0.25) is 19.6 Å². The highest BCUT2D eigenvalue weighted by Crippen LogP contribution is 2.33. The van der Waals surface area contributed by atoms with Crippen LogP contribution in [0.2, 0.25) is 0 Å². The van der Waals surface area contributed by atoms with Crippen LogP contribution < -0.4 is 10.6 Å². The van der Waals surface area contributed by atoms with E-state index in [1.54, 1.807) is 4.90 Å². The molecular weight excluding hydrogens is 648 g/mol. The van der Waals surface area contributed by atoms with Crippen molar-refractivity contribution < 1.29 is 28.7 Å². The SMILES string of the molecule is COC(=O)N[C@H]1CCCN(CC2=NC=C(c3ccc(-c4ccc(C5=CN=C([C@@H]6CCCN6C(=O)[C@@H](NC(=O)OC)C(C)C)C5)cc4)cc3)C2)C1=O. The van der Waals surface area contributed by atoms with E-state index in [4.69, 9.17) is 9.73 Å². The largest absolute Gasteiger partial charge is 0.453 e. The second-order valence-corrected chi connectivity index (χ2v) is 13.8. The summed E-state index contributed by atoms with van der Waals surface area (Å²) in [5.41, 5.74) is 8.51. The van der Waals surface area contributed by atoms with E-state index in [1.807, 2.05) is 31.1 Å². The number of nitrogens with zero attached hydrogens (tertiary/aromatic N) is 4. The maximum Gasteiger partial charge on any atom is 0.407 e. The molecule has 12 heteroatoms. The standard InChI is InChI=1S/C39H46N6O6/c1-24(2)35(43-39(49)51-4)37(47)45-18-6-8-34(45)33-20-30(22-41-33)28-15-11-26(12-16-28)25-9-13-27(14-10-25)29-19-31(40-21-29)23-44-17-5-7-32(36(44)46)42-38(48)50-3/h9-16,21-22,24,32,34-35H,5-8,17-20,23H2,1-4H3,(H,42,48)(H,43,49)/t32-,34-,35-/m0/s1. The van der Waals surface area contributed by atoms with Crippen LogP contribution in [0.5, 0.6) is 0 Å². The van der Waals surface area contributed by atoms with Gasteiger partial charge in [-0.2, -0.15) is 0 Å². The Kier molecular flexibility index (Phi) is 11.0. The summed E-state index contributed by atoms with van der Waals surface area (Å²) in [6.45, 7) is 5.55. The van der Waals surface area contributed by atoms with Crippen LogP contribution in [0.4, 0.5) is 9.59 Å². The first kappa shape index (κ1) is 35.6. The van der Waals surface area contributed by atoms with Gasteiger partial charge in [0.1, 0.15) is 12.1 Å². The van der Waals surface area contributed by atoms with Crippen LogP contribution in [0.25, 0.3) is 22.3 Å². The Labute approximate surface area is 298 Å². The van der Waals surface area contributed by atoms with Crippen LogP contribution >= 0.6 is 0 Å². The van der Waals surface area contributed by atoms with Crippen molar-refractivity contribution >= 4 is 46.6 Å². The van der Waals surface area contributed by atoms with Gasteiger partial charge in [-0.05, 0) is 65.0 Å². The van der Waals surface area contributed by atoms with Gasteiger partial charge in [-0.1, -0.05) is 62.4 Å². The zero-order valence-electron chi connectivity index (χ0n) is 29.7. The molecule has 0 spiro atoms. The van der Waals surface area contributed by atoms with Gasteiger partial charge in [0.25, 0.3) is 0 Å². The van der Waals surface area contributed by atoms with Gasteiger partial charge >= 0.3 is 12.2 Å². The first-order chi connectivity index (χ1) is 24.6. The van der Waals surface area contributed by atoms with Crippen LogP contribution in [0.15, 0.2) is 70.9 Å². The Balaban J connectivity index is 1.01. The molecule has 0 unspecified atom stereocenters. The molecule has 0 radical (unpaired) electrons. The number of likely N-dealkylation sites (tertiary alicyclic amines) is 2. The number of carbonyl (C=O) groups is 4. The first-order valence-electron chi connectivity index (χ1n) is 17.6. The third kappa shape index (κ3) is 8.05. The van der Waals surface area contributed by atoms with Crippen LogP contribution in [-0.2, 0) is 19.1 Å². The highest BCUT2D eigenvalue weighted by molar-refractivity contribution is 6.04. The quantitative estimate of drug-likeness (QED) is 0.339. The summed E-state index contributed by atoms with van der Waals surface area (Å²) < 4.78 is 9.42. The number of rotatable bonds is 10. The second-order valence-electron chi connectivity index (χ2n) is 13.8. The number of aliphatic imine (C=N–C) groups is 2. The maximum atomic E-state index is 13.5. The van der Waals surface area contributed by atoms with Crippen LogP contribution in [0.1, 0.15) is 63.5 Å². The summed E-state index contributed by atoms with van der Waals surface area (Å²) in [6.07, 6.45) is 7.09. The van der Waals surface area contributed by atoms with Crippen molar-refractivity contribution in [3.8, 4) is 11.1 Å². The third-order valence-corrected chi connectivity index (χ3v) is 10.1. The molecule has 268 valence electrons. The molecule has 4 aliphatic heterocycles. The summed E-state index contributed by atoms with van der Waals surface area (Å²) in [7, 11) is 2.59. The first-order valence-corrected chi connectivity index (χ1v) is 17.6. The Bertz CT molecular complexity index is 1780. The highest BCUT2D eigenvalue weighted by Gasteiger charge is 2.38. The summed E-state index contributed by atoms with van der Waals surface area (Å²) in [6, 6.07) is 15.6. The number of amides is 4. The van der Waals surface area contributed by atoms with Crippen molar-refractivity contribution in [3.63, 3.8) is 0 Å². The van der Waals surface area contributed by atoms with Gasteiger partial charge in [0.2, 0.25) is 11.8 Å². The zero-order valence-corrected chi connectivity index (χ0v) is 29.7. The van der Waals surface area contributed by atoms with E-state index in [2.05, 4.69) is 68.9 Å². The molecule has 2 fully saturated rings. The highest BCUT2D eigenvalue weighted by atomic mass is 16.5. The molecule has 4 heterocycles. The lowest BCUT2D eigenvalue weighted by atomic mass is 9.95. The maximum absolute atomic E-state index is 13.5. The minimum Gasteiger partial charge on any atom is -0.453 e. The summed E-state index contributed by atoms with van der Waals surface area (Å²) in [5, 5.41) is 5.34. The fourth-order valence-electron chi connectivity index (χ4n) is 7.24. The number of hydrogen-bond donors (Lipinski definition) is 2. The van der Waals surface area contributed by atoms with Gasteiger partial charge in [0, 0.05) is 49.8 Å². The van der Waals surface area contributed by atoms with E-state index >= 15 is 0 Å². The van der Waals surface area contributed by atoms with Crippen LogP contribution in [0.3, 0.4) is 0 Å². The molecule has 2 saturated heterocycles. The predicted octanol–water partition coefficient (Wildman–Crippen LogP) is 5.44. The summed E-state index contributed by atoms with van der Waals surface area (Å²) >= 11 is 0. The number of nitrogens with one attached hydrogen (secondary N) is 2. The van der Waals surface area contributed by atoms with Crippen LogP contribution in [0, 0.1) is 5.92 Å². The Morgan fingerprint density at radius 1 is 0.804 bits per heavy atom. The number of hydrogen-bond acceptors (Lipinski definition) is 8. The van der Waals surface area contributed by atoms with Gasteiger partial charge < -0.3 is 29.9 Å². The van der Waals surface area contributed by atoms with E-state index in [0.717, 1.165) is 64.1 Å². The molecule has 2 N–H and O–H groups in total. The van der Waals surface area contributed by atoms with Gasteiger partial charge in [-0.15, -0.1) is 0 Å². The molecule has 4 amide bonds. The van der Waals surface area contributed by atoms with Gasteiger partial charge in [0.05, 0.1) is 26.8 Å². The molecule has 3 atom stereocenters. The van der Waals surface area contributed by atoms with E-state index in [0.29, 0.717) is 38.9 Å². The average Bonchev–Trinajstić information content (AvgIpc) is 3.94. The molecule has 4 aliphatic rings. The van der Waals surface area contributed by atoms with Crippen molar-refractivity contribution in [3.05, 3.63) is 72.1 Å². The molecule has 0 saturated carbocycles. The van der Waals surface area contributed by atoms with Crippen molar-refractivity contribution in [2.75, 3.05) is 33.9 Å². The fraction of sp³-hybridized carbons (Fsp3) is 0.436. The summed E-state index contributed by atoms with van der Waals surface area (Å²) in [4.78, 5) is 63.0. The molecule has 0 aromatic heterocycles. The molecule has 0 aliphatic carbocycles. The number of ether oxygens (including phenoxy) is 2. The van der Waals surface area contributed by atoms with Gasteiger partial charge in [0.15, 0.2) is 0 Å². The molecule has 12 nitrogen and oxygen atoms in total. The minimum atomic E-state index is -0.654. The lowest BCUT2D eigenvalue weighted by Gasteiger charge is -2.32. The molecule has 51 heavy (non-hydrogen) atoms. The number of carbonyl (C=O) groups excluding carboxylic acids is 4. The number of benzene rings is 2. The topological polar surface area (TPSA) is 142 Å². The second kappa shape index (κ2) is 15.7. The average molecular weight is 695 g/mol. The monoisotopic (exact) mass is 694 g/mol. The minimum absolute atomic E-state index is 0.0788. The lowest BCUT2D eigenvalue weighted by molar-refractivity contribution is -0.135.